The zero-order chi connectivity index (χ0) is 18.2. The molecule has 1 heterocycles. The largest absolute Gasteiger partial charge is 0.241 e. The van der Waals surface area contributed by atoms with Crippen LogP contribution >= 0.6 is 11.6 Å². The second-order valence-electron chi connectivity index (χ2n) is 8.52. The van der Waals surface area contributed by atoms with Gasteiger partial charge in [-0.25, -0.2) is 9.97 Å². The minimum Gasteiger partial charge on any atom is -0.241 e. The van der Waals surface area contributed by atoms with Crippen LogP contribution in [0.25, 0.3) is 0 Å². The lowest BCUT2D eigenvalue weighted by molar-refractivity contribution is 0.302. The fourth-order valence-electron chi connectivity index (χ4n) is 4.91. The number of hydrogen-bond acceptors (Lipinski definition) is 2. The molecule has 2 saturated carbocycles. The number of unbranched alkanes of at least 4 members (excludes halogenated alkanes) is 2. The van der Waals surface area contributed by atoms with Gasteiger partial charge in [0.05, 0.1) is 0 Å². The maximum absolute atomic E-state index is 5.71. The van der Waals surface area contributed by atoms with Crippen LogP contribution in [0.2, 0.25) is 0 Å². The third-order valence-corrected chi connectivity index (χ3v) is 6.85. The van der Waals surface area contributed by atoms with Crippen LogP contribution in [-0.2, 0) is 0 Å². The zero-order valence-electron chi connectivity index (χ0n) is 16.4. The smallest absolute Gasteiger partial charge is 0.131 e. The van der Waals surface area contributed by atoms with Gasteiger partial charge in [0.2, 0.25) is 0 Å². The van der Waals surface area contributed by atoms with E-state index in [2.05, 4.69) is 25.4 Å². The van der Waals surface area contributed by atoms with Crippen LogP contribution in [0.1, 0.15) is 107 Å². The molecule has 3 heteroatoms. The van der Waals surface area contributed by atoms with Crippen molar-refractivity contribution < 1.29 is 0 Å². The number of halogens is 1. The van der Waals surface area contributed by atoms with Crippen molar-refractivity contribution in [1.29, 1.82) is 0 Å². The third-order valence-electron chi connectivity index (χ3n) is 6.71. The number of hydrogen-bond donors (Lipinski definition) is 0. The molecule has 0 unspecified atom stereocenters. The number of aromatic nitrogens is 2. The number of allylic oxidation sites excluding steroid dienone is 1. The van der Waals surface area contributed by atoms with Gasteiger partial charge in [-0.15, -0.1) is 0 Å². The van der Waals surface area contributed by atoms with Gasteiger partial charge in [-0.1, -0.05) is 50.3 Å². The second-order valence-corrected chi connectivity index (χ2v) is 8.77. The van der Waals surface area contributed by atoms with E-state index in [1.54, 1.807) is 5.54 Å². The van der Waals surface area contributed by atoms with Crippen molar-refractivity contribution in [2.75, 3.05) is 0 Å². The minimum atomic E-state index is 0.540. The number of nitrogens with zero attached hydrogens (tertiary/aromatic N) is 2. The molecule has 2 fully saturated rings. The maximum Gasteiger partial charge on any atom is 0.131 e. The molecule has 3 rings (SSSR count). The molecule has 0 saturated heterocycles. The fraction of sp³-hybridized carbons (Fsp3) is 0.739. The first-order valence-corrected chi connectivity index (χ1v) is 11.3. The SMILES string of the molecule is CCCCC[C@H]1CC[C@H](c2cnc([C@H]3CC[C@H](/C=C/Cl)CC3)nc2)CC1. The van der Waals surface area contributed by atoms with Gasteiger partial charge in [-0.05, 0) is 74.7 Å². The molecule has 1 aromatic rings. The Labute approximate surface area is 164 Å². The van der Waals surface area contributed by atoms with Crippen LogP contribution in [-0.4, -0.2) is 9.97 Å². The molecule has 0 bridgehead atoms. The van der Waals surface area contributed by atoms with Gasteiger partial charge in [0.25, 0.3) is 0 Å². The molecule has 0 aromatic carbocycles. The van der Waals surface area contributed by atoms with Gasteiger partial charge < -0.3 is 0 Å². The van der Waals surface area contributed by atoms with Crippen LogP contribution in [0.3, 0.4) is 0 Å². The van der Waals surface area contributed by atoms with E-state index in [1.165, 1.54) is 82.6 Å². The van der Waals surface area contributed by atoms with E-state index in [0.717, 1.165) is 11.7 Å². The van der Waals surface area contributed by atoms with Gasteiger partial charge in [0, 0.05) is 23.8 Å². The molecule has 0 atom stereocenters. The molecular formula is C23H35ClN2. The van der Waals surface area contributed by atoms with Crippen molar-refractivity contribution >= 4 is 11.6 Å². The first-order chi connectivity index (χ1) is 12.8. The van der Waals surface area contributed by atoms with Crippen molar-refractivity contribution in [1.82, 2.24) is 9.97 Å². The average Bonchev–Trinajstić information content (AvgIpc) is 2.70. The molecular weight excluding hydrogens is 340 g/mol. The Hall–Kier alpha value is -0.890. The third kappa shape index (κ3) is 5.55. The van der Waals surface area contributed by atoms with Crippen molar-refractivity contribution in [3.8, 4) is 0 Å². The average molecular weight is 375 g/mol. The summed E-state index contributed by atoms with van der Waals surface area (Å²) in [4.78, 5) is 9.55. The van der Waals surface area contributed by atoms with Crippen LogP contribution in [0.15, 0.2) is 24.0 Å². The summed E-state index contributed by atoms with van der Waals surface area (Å²) >= 11 is 5.71. The van der Waals surface area contributed by atoms with Crippen LogP contribution in [0, 0.1) is 11.8 Å². The standard InChI is InChI=1S/C23H35ClN2/c1-2-3-4-5-18-6-10-20(11-7-18)22-16-25-23(26-17-22)21-12-8-19(9-13-21)14-15-24/h14-21H,2-13H2,1H3/b15-14+/t18-,19-,20-,21-. The number of rotatable bonds is 7. The van der Waals surface area contributed by atoms with Crippen molar-refractivity contribution in [2.24, 2.45) is 11.8 Å². The summed E-state index contributed by atoms with van der Waals surface area (Å²) in [5, 5.41) is 0. The van der Waals surface area contributed by atoms with Crippen molar-refractivity contribution in [3.63, 3.8) is 0 Å². The van der Waals surface area contributed by atoms with Gasteiger partial charge >= 0.3 is 0 Å². The van der Waals surface area contributed by atoms with E-state index >= 15 is 0 Å². The van der Waals surface area contributed by atoms with E-state index in [1.807, 2.05) is 0 Å². The normalized spacial score (nSPS) is 29.9. The summed E-state index contributed by atoms with van der Waals surface area (Å²) < 4.78 is 0. The Bertz CT molecular complexity index is 538. The van der Waals surface area contributed by atoms with E-state index in [9.17, 15) is 0 Å². The highest BCUT2D eigenvalue weighted by molar-refractivity contribution is 6.25. The molecule has 144 valence electrons. The highest BCUT2D eigenvalue weighted by atomic mass is 35.5. The summed E-state index contributed by atoms with van der Waals surface area (Å²) in [5.41, 5.74) is 3.05. The van der Waals surface area contributed by atoms with Crippen molar-refractivity contribution in [2.45, 2.75) is 95.8 Å². The topological polar surface area (TPSA) is 25.8 Å². The molecule has 0 radical (unpaired) electrons. The van der Waals surface area contributed by atoms with Gasteiger partial charge in [-0.2, -0.15) is 0 Å². The first-order valence-electron chi connectivity index (χ1n) is 10.9. The minimum absolute atomic E-state index is 0.540. The second kappa shape index (κ2) is 10.4. The Morgan fingerprint density at radius 1 is 0.923 bits per heavy atom. The van der Waals surface area contributed by atoms with E-state index < -0.39 is 0 Å². The Kier molecular flexibility index (Phi) is 7.98. The summed E-state index contributed by atoms with van der Waals surface area (Å²) in [6, 6.07) is 0. The molecule has 2 aliphatic rings. The summed E-state index contributed by atoms with van der Waals surface area (Å²) in [5.74, 6) is 3.91. The van der Waals surface area contributed by atoms with E-state index in [-0.39, 0.29) is 0 Å². The molecule has 2 aliphatic carbocycles. The molecule has 1 aromatic heterocycles. The molecule has 0 spiro atoms. The molecule has 0 aliphatic heterocycles. The molecule has 0 N–H and O–H groups in total. The van der Waals surface area contributed by atoms with Crippen LogP contribution in [0.4, 0.5) is 0 Å². The summed E-state index contributed by atoms with van der Waals surface area (Å²) in [6.45, 7) is 2.29. The highest BCUT2D eigenvalue weighted by Crippen LogP contribution is 2.38. The van der Waals surface area contributed by atoms with E-state index in [4.69, 9.17) is 21.6 Å². The Balaban J connectivity index is 1.46. The lowest BCUT2D eigenvalue weighted by atomic mass is 9.77. The highest BCUT2D eigenvalue weighted by Gasteiger charge is 2.25. The lowest BCUT2D eigenvalue weighted by Crippen LogP contribution is -2.16. The predicted octanol–water partition coefficient (Wildman–Crippen LogP) is 7.36. The van der Waals surface area contributed by atoms with Gasteiger partial charge in [0.1, 0.15) is 5.82 Å². The van der Waals surface area contributed by atoms with Crippen LogP contribution in [0.5, 0.6) is 0 Å². The fourth-order valence-corrected chi connectivity index (χ4v) is 5.12. The Morgan fingerprint density at radius 2 is 1.58 bits per heavy atom. The van der Waals surface area contributed by atoms with Gasteiger partial charge in [-0.3, -0.25) is 0 Å². The summed E-state index contributed by atoms with van der Waals surface area (Å²) in [6.07, 6.45) is 22.3. The lowest BCUT2D eigenvalue weighted by Gasteiger charge is -2.29. The predicted molar refractivity (Wildman–Crippen MR) is 111 cm³/mol. The first kappa shape index (κ1) is 19.9. The monoisotopic (exact) mass is 374 g/mol. The van der Waals surface area contributed by atoms with Crippen molar-refractivity contribution in [3.05, 3.63) is 35.4 Å². The summed E-state index contributed by atoms with van der Waals surface area (Å²) in [7, 11) is 0. The Morgan fingerprint density at radius 3 is 2.19 bits per heavy atom. The van der Waals surface area contributed by atoms with Crippen LogP contribution < -0.4 is 0 Å². The maximum atomic E-state index is 5.71. The zero-order valence-corrected chi connectivity index (χ0v) is 17.1. The van der Waals surface area contributed by atoms with Gasteiger partial charge in [0.15, 0.2) is 0 Å². The molecule has 0 amide bonds. The molecule has 2 nitrogen and oxygen atoms in total. The van der Waals surface area contributed by atoms with E-state index in [0.29, 0.717) is 17.8 Å². The molecule has 26 heavy (non-hydrogen) atoms. The quantitative estimate of drug-likeness (QED) is 0.466.